The first-order valence-corrected chi connectivity index (χ1v) is 8.13. The van der Waals surface area contributed by atoms with Crippen LogP contribution in [0.1, 0.15) is 31.7 Å². The van der Waals surface area contributed by atoms with Crippen LogP contribution in [0, 0.1) is 5.92 Å². The first-order valence-electron chi connectivity index (χ1n) is 7.34. The fourth-order valence-electron chi connectivity index (χ4n) is 3.39. The van der Waals surface area contributed by atoms with Crippen LogP contribution in [0.4, 0.5) is 0 Å². The third-order valence-corrected chi connectivity index (χ3v) is 5.34. The van der Waals surface area contributed by atoms with Gasteiger partial charge in [0.15, 0.2) is 0 Å². The first kappa shape index (κ1) is 16.8. The number of nitrogens with two attached hydrogens (primary N) is 1. The number of amides is 1. The minimum atomic E-state index is -0.252. The van der Waals surface area contributed by atoms with E-state index in [9.17, 15) is 4.79 Å². The number of halogens is 2. The van der Waals surface area contributed by atoms with Crippen molar-refractivity contribution >= 4 is 34.2 Å². The summed E-state index contributed by atoms with van der Waals surface area (Å²) < 4.78 is 1.06. The van der Waals surface area contributed by atoms with Gasteiger partial charge in [0.2, 0.25) is 5.91 Å². The Hall–Kier alpha value is -0.580. The van der Waals surface area contributed by atoms with E-state index in [1.54, 1.807) is 0 Å². The maximum absolute atomic E-state index is 13.0. The zero-order chi connectivity index (χ0) is 14.3. The monoisotopic (exact) mass is 372 g/mol. The molecule has 2 N–H and O–H groups in total. The Labute approximate surface area is 140 Å². The summed E-state index contributed by atoms with van der Waals surface area (Å²) in [6.07, 6.45) is 2.99. The van der Waals surface area contributed by atoms with Crippen molar-refractivity contribution in [1.82, 2.24) is 4.90 Å². The normalized spacial score (nSPS) is 26.3. The molecule has 1 aromatic carbocycles. The molecule has 3 rings (SSSR count). The molecule has 21 heavy (non-hydrogen) atoms. The Bertz CT molecular complexity index is 516. The summed E-state index contributed by atoms with van der Waals surface area (Å²) in [5.41, 5.74) is 6.68. The van der Waals surface area contributed by atoms with E-state index in [1.165, 1.54) is 0 Å². The van der Waals surface area contributed by atoms with Gasteiger partial charge >= 0.3 is 0 Å². The molecule has 1 heterocycles. The van der Waals surface area contributed by atoms with Crippen molar-refractivity contribution in [3.8, 4) is 0 Å². The van der Waals surface area contributed by atoms with Crippen LogP contribution < -0.4 is 5.73 Å². The minimum Gasteiger partial charge on any atom is -0.339 e. The number of carbonyl (C=O) groups is 1. The predicted octanol–water partition coefficient (Wildman–Crippen LogP) is 3.10. The first-order chi connectivity index (χ1) is 9.56. The second-order valence-corrected chi connectivity index (χ2v) is 7.15. The number of hydrogen-bond acceptors (Lipinski definition) is 2. The molecule has 2 atom stereocenters. The van der Waals surface area contributed by atoms with E-state index in [4.69, 9.17) is 5.73 Å². The number of carbonyl (C=O) groups excluding carboxylic acids is 1. The molecule has 116 valence electrons. The number of nitrogens with zero attached hydrogens (tertiary/aromatic N) is 1. The van der Waals surface area contributed by atoms with Crippen molar-refractivity contribution in [2.75, 3.05) is 13.1 Å². The minimum absolute atomic E-state index is 0. The molecule has 1 saturated heterocycles. The molecule has 2 unspecified atom stereocenters. The van der Waals surface area contributed by atoms with Crippen molar-refractivity contribution < 1.29 is 4.79 Å². The maximum Gasteiger partial charge on any atom is 0.233 e. The van der Waals surface area contributed by atoms with Crippen LogP contribution in [0.3, 0.4) is 0 Å². The van der Waals surface area contributed by atoms with Crippen LogP contribution in [0.2, 0.25) is 0 Å². The molecule has 1 amide bonds. The van der Waals surface area contributed by atoms with Gasteiger partial charge in [0.25, 0.3) is 0 Å². The largest absolute Gasteiger partial charge is 0.339 e. The standard InChI is InChI=1S/C16H21BrN2O.ClH/c1-11-8-12(9-18)10-19(11)15(20)16(6-7-16)13-2-4-14(17)5-3-13;/h2-5,11-12H,6-10,18H2,1H3;1H. The SMILES string of the molecule is CC1CC(CN)CN1C(=O)C1(c2ccc(Br)cc2)CC1.Cl. The quantitative estimate of drug-likeness (QED) is 0.885. The highest BCUT2D eigenvalue weighted by Gasteiger charge is 2.54. The van der Waals surface area contributed by atoms with Crippen LogP contribution in [0.5, 0.6) is 0 Å². The third-order valence-electron chi connectivity index (χ3n) is 4.81. The lowest BCUT2D eigenvalue weighted by molar-refractivity contribution is -0.134. The Balaban J connectivity index is 0.00000161. The maximum atomic E-state index is 13.0. The third kappa shape index (κ3) is 2.99. The van der Waals surface area contributed by atoms with E-state index in [0.29, 0.717) is 24.4 Å². The van der Waals surface area contributed by atoms with E-state index in [1.807, 2.05) is 12.1 Å². The Morgan fingerprint density at radius 2 is 2.00 bits per heavy atom. The summed E-state index contributed by atoms with van der Waals surface area (Å²) in [5.74, 6) is 0.776. The molecule has 0 spiro atoms. The molecule has 1 aromatic rings. The number of hydrogen-bond donors (Lipinski definition) is 1. The van der Waals surface area contributed by atoms with Crippen LogP contribution in [0.15, 0.2) is 28.7 Å². The van der Waals surface area contributed by atoms with Gasteiger partial charge in [-0.1, -0.05) is 28.1 Å². The summed E-state index contributed by atoms with van der Waals surface area (Å²) in [4.78, 5) is 15.0. The lowest BCUT2D eigenvalue weighted by Gasteiger charge is -2.27. The van der Waals surface area contributed by atoms with Gasteiger partial charge < -0.3 is 10.6 Å². The van der Waals surface area contributed by atoms with Gasteiger partial charge in [-0.3, -0.25) is 4.79 Å². The number of likely N-dealkylation sites (tertiary alicyclic amines) is 1. The van der Waals surface area contributed by atoms with Gasteiger partial charge in [0, 0.05) is 17.1 Å². The summed E-state index contributed by atoms with van der Waals surface area (Å²) in [6, 6.07) is 8.54. The van der Waals surface area contributed by atoms with E-state index < -0.39 is 0 Å². The smallest absolute Gasteiger partial charge is 0.233 e. The van der Waals surface area contributed by atoms with Crippen molar-refractivity contribution in [3.05, 3.63) is 34.3 Å². The number of benzene rings is 1. The predicted molar refractivity (Wildman–Crippen MR) is 90.6 cm³/mol. The van der Waals surface area contributed by atoms with Gasteiger partial charge in [-0.25, -0.2) is 0 Å². The van der Waals surface area contributed by atoms with Gasteiger partial charge in [-0.2, -0.15) is 0 Å². The molecule has 2 fully saturated rings. The Morgan fingerprint density at radius 1 is 1.38 bits per heavy atom. The van der Waals surface area contributed by atoms with E-state index in [2.05, 4.69) is 39.9 Å². The Morgan fingerprint density at radius 3 is 2.48 bits per heavy atom. The highest BCUT2D eigenvalue weighted by Crippen LogP contribution is 2.50. The van der Waals surface area contributed by atoms with Crippen LogP contribution in [0.25, 0.3) is 0 Å². The molecule has 3 nitrogen and oxygen atoms in total. The van der Waals surface area contributed by atoms with E-state index in [0.717, 1.165) is 35.8 Å². The van der Waals surface area contributed by atoms with Gasteiger partial charge in [0.05, 0.1) is 5.41 Å². The average Bonchev–Trinajstić information content (AvgIpc) is 3.17. The van der Waals surface area contributed by atoms with Crippen molar-refractivity contribution in [3.63, 3.8) is 0 Å². The fourth-order valence-corrected chi connectivity index (χ4v) is 3.66. The van der Waals surface area contributed by atoms with Crippen LogP contribution >= 0.6 is 28.3 Å². The van der Waals surface area contributed by atoms with Crippen molar-refractivity contribution in [1.29, 1.82) is 0 Å². The summed E-state index contributed by atoms with van der Waals surface area (Å²) >= 11 is 3.45. The van der Waals surface area contributed by atoms with Crippen LogP contribution in [-0.4, -0.2) is 29.9 Å². The molecule has 1 saturated carbocycles. The van der Waals surface area contributed by atoms with Crippen molar-refractivity contribution in [2.45, 2.75) is 37.6 Å². The second kappa shape index (κ2) is 6.27. The average molecular weight is 374 g/mol. The lowest BCUT2D eigenvalue weighted by atomic mass is 9.94. The number of rotatable bonds is 3. The molecular formula is C16H22BrClN2O. The lowest BCUT2D eigenvalue weighted by Crippen LogP contribution is -2.41. The van der Waals surface area contributed by atoms with E-state index in [-0.39, 0.29) is 17.8 Å². The second-order valence-electron chi connectivity index (χ2n) is 6.23. The van der Waals surface area contributed by atoms with Gasteiger partial charge in [-0.15, -0.1) is 12.4 Å². The summed E-state index contributed by atoms with van der Waals surface area (Å²) in [7, 11) is 0. The summed E-state index contributed by atoms with van der Waals surface area (Å²) in [6.45, 7) is 3.65. The Kier molecular flexibility index (Phi) is 5.01. The van der Waals surface area contributed by atoms with Crippen LogP contribution in [-0.2, 0) is 10.2 Å². The molecule has 1 aliphatic heterocycles. The fraction of sp³-hybridized carbons (Fsp3) is 0.562. The highest BCUT2D eigenvalue weighted by molar-refractivity contribution is 9.10. The highest BCUT2D eigenvalue weighted by atomic mass is 79.9. The van der Waals surface area contributed by atoms with Gasteiger partial charge in [0.1, 0.15) is 0 Å². The summed E-state index contributed by atoms with van der Waals surface area (Å²) in [5, 5.41) is 0. The molecule has 0 aromatic heterocycles. The van der Waals surface area contributed by atoms with Crippen molar-refractivity contribution in [2.24, 2.45) is 11.7 Å². The molecule has 2 aliphatic rings. The van der Waals surface area contributed by atoms with E-state index >= 15 is 0 Å². The zero-order valence-electron chi connectivity index (χ0n) is 12.2. The molecule has 1 aliphatic carbocycles. The molecular weight excluding hydrogens is 352 g/mol. The zero-order valence-corrected chi connectivity index (χ0v) is 14.6. The van der Waals surface area contributed by atoms with Gasteiger partial charge in [-0.05, 0) is 56.3 Å². The molecule has 0 bridgehead atoms. The topological polar surface area (TPSA) is 46.3 Å². The molecule has 5 heteroatoms. The molecule has 0 radical (unpaired) electrons.